The molecule has 1 N–H and O–H groups in total. The number of rotatable bonds is 43. The number of unbranched alkanes of at least 4 members (excludes halogenated alkanes) is 30. The highest BCUT2D eigenvalue weighted by molar-refractivity contribution is 5.75. The van der Waals surface area contributed by atoms with Crippen LogP contribution >= 0.6 is 0 Å². The van der Waals surface area contributed by atoms with Gasteiger partial charge in [0.25, 0.3) is 0 Å². The van der Waals surface area contributed by atoms with Crippen molar-refractivity contribution in [3.63, 3.8) is 0 Å². The van der Waals surface area contributed by atoms with Gasteiger partial charge in [0, 0.05) is 6.42 Å². The standard InChI is InChI=1S/C45H86O.C6H15N/c1-6-8-10-12-14-16-18-20-22-24-26-28-30-32-34-36-42(3)38-39-45(41-44(5)46)40-43(4)37-35-33-31-29-27-25-23-21-19-17-15-13-11-9-7-2;1-3-4-5-6-7-2/h45H,3-4,6-41H2,1-2,5H3;7H,3-6H2,1-2H3. The lowest BCUT2D eigenvalue weighted by Crippen LogP contribution is -2.08. The summed E-state index contributed by atoms with van der Waals surface area (Å²) in [7, 11) is 2.00. The number of allylic oxidation sites excluding steroid dienone is 2. The predicted molar refractivity (Wildman–Crippen MR) is 243 cm³/mol. The molecular weight excluding hydrogens is 643 g/mol. The fourth-order valence-electron chi connectivity index (χ4n) is 7.77. The lowest BCUT2D eigenvalue weighted by molar-refractivity contribution is -0.117. The van der Waals surface area contributed by atoms with Gasteiger partial charge in [0.2, 0.25) is 0 Å². The van der Waals surface area contributed by atoms with Gasteiger partial charge in [-0.25, -0.2) is 0 Å². The van der Waals surface area contributed by atoms with E-state index in [1.165, 1.54) is 236 Å². The molecular formula is C51H101NO. The molecule has 1 unspecified atom stereocenters. The summed E-state index contributed by atoms with van der Waals surface area (Å²) in [5, 5.41) is 3.10. The van der Waals surface area contributed by atoms with E-state index in [9.17, 15) is 4.79 Å². The van der Waals surface area contributed by atoms with E-state index in [4.69, 9.17) is 0 Å². The van der Waals surface area contributed by atoms with Crippen molar-refractivity contribution in [3.05, 3.63) is 24.3 Å². The van der Waals surface area contributed by atoms with E-state index in [1.54, 1.807) is 6.92 Å². The number of hydrogen-bond donors (Lipinski definition) is 1. The van der Waals surface area contributed by atoms with Crippen molar-refractivity contribution in [1.29, 1.82) is 0 Å². The van der Waals surface area contributed by atoms with Gasteiger partial charge in [-0.2, -0.15) is 0 Å². The number of carbonyl (C=O) groups is 1. The molecule has 1 atom stereocenters. The number of ketones is 1. The summed E-state index contributed by atoms with van der Waals surface area (Å²) in [4.78, 5) is 12.0. The van der Waals surface area contributed by atoms with Gasteiger partial charge in [-0.05, 0) is 77.8 Å². The van der Waals surface area contributed by atoms with Crippen LogP contribution < -0.4 is 5.32 Å². The van der Waals surface area contributed by atoms with Crippen LogP contribution in [-0.2, 0) is 4.79 Å². The third kappa shape index (κ3) is 49.1. The van der Waals surface area contributed by atoms with Crippen molar-refractivity contribution in [2.24, 2.45) is 5.92 Å². The summed E-state index contributed by atoms with van der Waals surface area (Å²) in [6.07, 6.45) is 52.6. The molecule has 0 amide bonds. The lowest BCUT2D eigenvalue weighted by atomic mass is 9.87. The van der Waals surface area contributed by atoms with E-state index >= 15 is 0 Å². The van der Waals surface area contributed by atoms with E-state index in [0.717, 1.165) is 25.7 Å². The summed E-state index contributed by atoms with van der Waals surface area (Å²) in [5.41, 5.74) is 2.77. The minimum absolute atomic E-state index is 0.331. The maximum Gasteiger partial charge on any atom is 0.130 e. The molecule has 0 aliphatic heterocycles. The molecule has 0 aliphatic carbocycles. The van der Waals surface area contributed by atoms with Crippen molar-refractivity contribution in [1.82, 2.24) is 5.32 Å². The van der Waals surface area contributed by atoms with Crippen molar-refractivity contribution in [3.8, 4) is 0 Å². The molecule has 0 aromatic heterocycles. The molecule has 0 heterocycles. The zero-order valence-corrected chi connectivity index (χ0v) is 37.7. The molecule has 53 heavy (non-hydrogen) atoms. The van der Waals surface area contributed by atoms with E-state index in [1.807, 2.05) is 7.05 Å². The molecule has 0 spiro atoms. The molecule has 0 saturated heterocycles. The topological polar surface area (TPSA) is 29.1 Å². The molecule has 2 heteroatoms. The maximum absolute atomic E-state index is 12.0. The van der Waals surface area contributed by atoms with E-state index < -0.39 is 0 Å². The Bertz CT molecular complexity index is 737. The van der Waals surface area contributed by atoms with Crippen LogP contribution in [0.3, 0.4) is 0 Å². The Labute approximate surface area is 336 Å². The molecule has 0 fully saturated rings. The molecule has 316 valence electrons. The summed E-state index contributed by atoms with van der Waals surface area (Å²) >= 11 is 0. The summed E-state index contributed by atoms with van der Waals surface area (Å²) in [6, 6.07) is 0. The van der Waals surface area contributed by atoms with Gasteiger partial charge in [-0.3, -0.25) is 0 Å². The first-order valence-corrected chi connectivity index (χ1v) is 24.4. The van der Waals surface area contributed by atoms with Crippen LogP contribution in [0.2, 0.25) is 0 Å². The Hall–Kier alpha value is -0.890. The van der Waals surface area contributed by atoms with Crippen LogP contribution in [0.25, 0.3) is 0 Å². The maximum atomic E-state index is 12.0. The van der Waals surface area contributed by atoms with Gasteiger partial charge in [-0.15, -0.1) is 0 Å². The highest BCUT2D eigenvalue weighted by Crippen LogP contribution is 2.27. The second kappa shape index (κ2) is 47.3. The normalized spacial score (nSPS) is 11.7. The van der Waals surface area contributed by atoms with Crippen molar-refractivity contribution in [2.45, 2.75) is 278 Å². The number of hydrogen-bond acceptors (Lipinski definition) is 2. The number of nitrogens with one attached hydrogen (secondary N) is 1. The van der Waals surface area contributed by atoms with Gasteiger partial charge in [0.15, 0.2) is 0 Å². The SMILES string of the molecule is C=C(CCCCCCCCCCCCCCCCC)CCC(CC(=C)CCCCCCCCCCCCCCCCC)CC(C)=O.CCCCCNC. The third-order valence-corrected chi connectivity index (χ3v) is 11.4. The molecule has 0 radical (unpaired) electrons. The fourth-order valence-corrected chi connectivity index (χ4v) is 7.77. The predicted octanol–water partition coefficient (Wildman–Crippen LogP) is 17.8. The van der Waals surface area contributed by atoms with E-state index in [0.29, 0.717) is 18.1 Å². The van der Waals surface area contributed by atoms with Crippen molar-refractivity contribution < 1.29 is 4.79 Å². The first-order valence-electron chi connectivity index (χ1n) is 24.4. The molecule has 0 rings (SSSR count). The molecule has 0 bridgehead atoms. The Kier molecular flexibility index (Phi) is 48.3. The highest BCUT2D eigenvalue weighted by atomic mass is 16.1. The van der Waals surface area contributed by atoms with Crippen molar-refractivity contribution >= 4 is 5.78 Å². The smallest absolute Gasteiger partial charge is 0.130 e. The Morgan fingerprint density at radius 3 is 1.04 bits per heavy atom. The molecule has 2 nitrogen and oxygen atoms in total. The van der Waals surface area contributed by atoms with E-state index in [2.05, 4.69) is 39.2 Å². The molecule has 0 aromatic carbocycles. The Balaban J connectivity index is 0. The quantitative estimate of drug-likeness (QED) is 0.0498. The monoisotopic (exact) mass is 744 g/mol. The van der Waals surface area contributed by atoms with Gasteiger partial charge >= 0.3 is 0 Å². The lowest BCUT2D eigenvalue weighted by Gasteiger charge is -2.18. The van der Waals surface area contributed by atoms with Crippen LogP contribution in [0.15, 0.2) is 24.3 Å². The van der Waals surface area contributed by atoms with Crippen LogP contribution in [-0.4, -0.2) is 19.4 Å². The third-order valence-electron chi connectivity index (χ3n) is 11.4. The number of Topliss-reactive ketones (excluding diaryl/α,β-unsaturated/α-hetero) is 1. The van der Waals surface area contributed by atoms with Gasteiger partial charge in [-0.1, -0.05) is 238 Å². The minimum Gasteiger partial charge on any atom is -0.320 e. The minimum atomic E-state index is 0.331. The molecule has 0 aliphatic rings. The zero-order chi connectivity index (χ0) is 39.3. The first-order chi connectivity index (χ1) is 25.9. The second-order valence-corrected chi connectivity index (χ2v) is 17.2. The van der Waals surface area contributed by atoms with Crippen LogP contribution in [0.4, 0.5) is 0 Å². The first kappa shape index (κ1) is 54.2. The molecule has 0 saturated carbocycles. The van der Waals surface area contributed by atoms with Crippen LogP contribution in [0, 0.1) is 5.92 Å². The highest BCUT2D eigenvalue weighted by Gasteiger charge is 2.14. The second-order valence-electron chi connectivity index (χ2n) is 17.2. The Morgan fingerprint density at radius 2 is 0.717 bits per heavy atom. The Morgan fingerprint density at radius 1 is 0.415 bits per heavy atom. The summed E-state index contributed by atoms with van der Waals surface area (Å²) in [6.45, 7) is 18.6. The van der Waals surface area contributed by atoms with Crippen LogP contribution in [0.1, 0.15) is 278 Å². The largest absolute Gasteiger partial charge is 0.320 e. The average Bonchev–Trinajstić information content (AvgIpc) is 3.14. The van der Waals surface area contributed by atoms with Crippen molar-refractivity contribution in [2.75, 3.05) is 13.6 Å². The summed E-state index contributed by atoms with van der Waals surface area (Å²) in [5.74, 6) is 0.789. The zero-order valence-electron chi connectivity index (χ0n) is 37.7. The van der Waals surface area contributed by atoms with Crippen LogP contribution in [0.5, 0.6) is 0 Å². The van der Waals surface area contributed by atoms with Gasteiger partial charge in [0.05, 0.1) is 0 Å². The molecule has 0 aromatic rings. The summed E-state index contributed by atoms with van der Waals surface area (Å²) < 4.78 is 0. The fraction of sp³-hybridized carbons (Fsp3) is 0.902. The van der Waals surface area contributed by atoms with Gasteiger partial charge < -0.3 is 10.1 Å². The van der Waals surface area contributed by atoms with Gasteiger partial charge in [0.1, 0.15) is 5.78 Å². The number of carbonyl (C=O) groups excluding carboxylic acids is 1. The average molecular weight is 744 g/mol. The van der Waals surface area contributed by atoms with E-state index in [-0.39, 0.29) is 0 Å².